The maximum absolute atomic E-state index is 12.8. The van der Waals surface area contributed by atoms with Gasteiger partial charge < -0.3 is 10.4 Å². The summed E-state index contributed by atoms with van der Waals surface area (Å²) < 4.78 is 28.5. The average molecular weight is 481 g/mol. The van der Waals surface area contributed by atoms with Gasteiger partial charge in [0.25, 0.3) is 0 Å². The minimum absolute atomic E-state index is 0.0641. The van der Waals surface area contributed by atoms with E-state index in [9.17, 15) is 13.5 Å². The van der Waals surface area contributed by atoms with Gasteiger partial charge in [0, 0.05) is 12.6 Å². The van der Waals surface area contributed by atoms with Crippen LogP contribution in [0.15, 0.2) is 71.6 Å². The molecule has 1 aliphatic rings. The van der Waals surface area contributed by atoms with E-state index in [0.717, 1.165) is 49.4 Å². The van der Waals surface area contributed by atoms with Gasteiger partial charge in [-0.2, -0.15) is 0 Å². The van der Waals surface area contributed by atoms with Gasteiger partial charge in [0.05, 0.1) is 11.5 Å². The molecule has 34 heavy (non-hydrogen) atoms. The molecule has 0 aromatic heterocycles. The van der Waals surface area contributed by atoms with Crippen LogP contribution in [-0.2, 0) is 16.4 Å². The summed E-state index contributed by atoms with van der Waals surface area (Å²) >= 11 is 0. The predicted molar refractivity (Wildman–Crippen MR) is 138 cm³/mol. The predicted octanol–water partition coefficient (Wildman–Crippen LogP) is 4.43. The van der Waals surface area contributed by atoms with Crippen molar-refractivity contribution in [3.63, 3.8) is 0 Å². The molecule has 182 valence electrons. The van der Waals surface area contributed by atoms with Crippen LogP contribution in [0.25, 0.3) is 10.8 Å². The van der Waals surface area contributed by atoms with Crippen LogP contribution in [0.2, 0.25) is 0 Å². The van der Waals surface area contributed by atoms with Crippen LogP contribution in [0.5, 0.6) is 0 Å². The van der Waals surface area contributed by atoms with E-state index < -0.39 is 10.0 Å². The van der Waals surface area contributed by atoms with E-state index in [0.29, 0.717) is 23.3 Å². The summed E-state index contributed by atoms with van der Waals surface area (Å²) in [7, 11) is -3.51. The molecule has 1 atom stereocenters. The first-order chi connectivity index (χ1) is 16.4. The summed E-state index contributed by atoms with van der Waals surface area (Å²) in [4.78, 5) is 0.327. The molecule has 1 aliphatic carbocycles. The summed E-state index contributed by atoms with van der Waals surface area (Å²) in [6, 6.07) is 21.6. The SMILES string of the molecule is Cc1ccc(CC(CO)NCC2CCC(CNS(=O)(=O)c3ccc4ccccc4c3)CC2)cc1. The Morgan fingerprint density at radius 2 is 1.53 bits per heavy atom. The summed E-state index contributed by atoms with van der Waals surface area (Å²) in [5, 5.41) is 15.3. The standard InChI is InChI=1S/C28H36N2O3S/c1-21-6-8-22(9-7-21)16-27(20-31)29-18-23-10-12-24(13-11-23)19-30-34(32,33)28-15-14-25-4-2-3-5-26(25)17-28/h2-9,14-15,17,23-24,27,29-31H,10-13,16,18-20H2,1H3. The zero-order valence-corrected chi connectivity index (χ0v) is 20.7. The van der Waals surface area contributed by atoms with Gasteiger partial charge >= 0.3 is 0 Å². The Morgan fingerprint density at radius 1 is 0.882 bits per heavy atom. The molecule has 0 aliphatic heterocycles. The molecule has 4 rings (SSSR count). The van der Waals surface area contributed by atoms with E-state index in [1.165, 1.54) is 11.1 Å². The third kappa shape index (κ3) is 6.66. The maximum Gasteiger partial charge on any atom is 0.240 e. The van der Waals surface area contributed by atoms with Crippen molar-refractivity contribution in [2.45, 2.75) is 50.0 Å². The van der Waals surface area contributed by atoms with E-state index in [-0.39, 0.29) is 12.6 Å². The first-order valence-corrected chi connectivity index (χ1v) is 13.8. The second-order valence-electron chi connectivity index (χ2n) is 9.73. The molecule has 6 heteroatoms. The van der Waals surface area contributed by atoms with Crippen molar-refractivity contribution in [1.82, 2.24) is 10.0 Å². The Bertz CT molecular complexity index is 1170. The van der Waals surface area contributed by atoms with Crippen LogP contribution in [-0.4, -0.2) is 39.3 Å². The maximum atomic E-state index is 12.8. The number of benzene rings is 3. The van der Waals surface area contributed by atoms with E-state index in [2.05, 4.69) is 41.2 Å². The highest BCUT2D eigenvalue weighted by Crippen LogP contribution is 2.28. The summed E-state index contributed by atoms with van der Waals surface area (Å²) in [5.41, 5.74) is 2.48. The molecule has 1 saturated carbocycles. The highest BCUT2D eigenvalue weighted by atomic mass is 32.2. The third-order valence-corrected chi connectivity index (χ3v) is 8.50. The van der Waals surface area contributed by atoms with Crippen molar-refractivity contribution in [2.75, 3.05) is 19.7 Å². The van der Waals surface area contributed by atoms with Crippen LogP contribution < -0.4 is 10.0 Å². The number of hydrogen-bond acceptors (Lipinski definition) is 4. The van der Waals surface area contributed by atoms with Crippen molar-refractivity contribution < 1.29 is 13.5 Å². The zero-order chi connectivity index (χ0) is 24.0. The van der Waals surface area contributed by atoms with Crippen molar-refractivity contribution >= 4 is 20.8 Å². The number of aliphatic hydroxyl groups excluding tert-OH is 1. The van der Waals surface area contributed by atoms with Gasteiger partial charge in [-0.1, -0.05) is 60.2 Å². The van der Waals surface area contributed by atoms with Gasteiger partial charge in [-0.15, -0.1) is 0 Å². The fraction of sp³-hybridized carbons (Fsp3) is 0.429. The van der Waals surface area contributed by atoms with E-state index in [1.807, 2.05) is 30.3 Å². The Labute approximate surface area is 203 Å². The van der Waals surface area contributed by atoms with Crippen molar-refractivity contribution in [1.29, 1.82) is 0 Å². The Morgan fingerprint density at radius 3 is 2.21 bits per heavy atom. The lowest BCUT2D eigenvalue weighted by atomic mass is 9.82. The first-order valence-electron chi connectivity index (χ1n) is 12.3. The average Bonchev–Trinajstić information content (AvgIpc) is 2.87. The van der Waals surface area contributed by atoms with Gasteiger partial charge in [-0.05, 0) is 85.9 Å². The number of nitrogens with one attached hydrogen (secondary N) is 2. The van der Waals surface area contributed by atoms with Crippen molar-refractivity contribution in [2.24, 2.45) is 11.8 Å². The number of aliphatic hydroxyl groups is 1. The Kier molecular flexibility index (Phi) is 8.37. The van der Waals surface area contributed by atoms with E-state index >= 15 is 0 Å². The molecule has 0 amide bonds. The van der Waals surface area contributed by atoms with Crippen LogP contribution in [0.4, 0.5) is 0 Å². The second kappa shape index (κ2) is 11.5. The molecule has 3 N–H and O–H groups in total. The smallest absolute Gasteiger partial charge is 0.240 e. The normalized spacial score (nSPS) is 19.8. The highest BCUT2D eigenvalue weighted by molar-refractivity contribution is 7.89. The monoisotopic (exact) mass is 480 g/mol. The largest absolute Gasteiger partial charge is 0.395 e. The molecule has 0 radical (unpaired) electrons. The molecule has 1 fully saturated rings. The zero-order valence-electron chi connectivity index (χ0n) is 19.9. The second-order valence-corrected chi connectivity index (χ2v) is 11.5. The summed E-state index contributed by atoms with van der Waals surface area (Å²) in [5.74, 6) is 0.938. The number of rotatable bonds is 10. The minimum Gasteiger partial charge on any atom is -0.395 e. The van der Waals surface area contributed by atoms with Gasteiger partial charge in [-0.3, -0.25) is 0 Å². The van der Waals surface area contributed by atoms with Crippen molar-refractivity contribution in [3.8, 4) is 0 Å². The molecule has 1 unspecified atom stereocenters. The fourth-order valence-electron chi connectivity index (χ4n) is 4.83. The van der Waals surface area contributed by atoms with Crippen molar-refractivity contribution in [3.05, 3.63) is 77.9 Å². The molecule has 0 spiro atoms. The molecule has 0 bridgehead atoms. The van der Waals surface area contributed by atoms with Crippen LogP contribution >= 0.6 is 0 Å². The highest BCUT2D eigenvalue weighted by Gasteiger charge is 2.24. The molecular weight excluding hydrogens is 444 g/mol. The Balaban J connectivity index is 1.21. The van der Waals surface area contributed by atoms with E-state index in [4.69, 9.17) is 0 Å². The lowest BCUT2D eigenvalue weighted by molar-refractivity contribution is 0.218. The van der Waals surface area contributed by atoms with Gasteiger partial charge in [0.2, 0.25) is 10.0 Å². The lowest BCUT2D eigenvalue weighted by Crippen LogP contribution is -2.39. The lowest BCUT2D eigenvalue weighted by Gasteiger charge is -2.30. The fourth-order valence-corrected chi connectivity index (χ4v) is 5.98. The molecule has 3 aromatic rings. The van der Waals surface area contributed by atoms with Gasteiger partial charge in [0.1, 0.15) is 0 Å². The van der Waals surface area contributed by atoms with Crippen LogP contribution in [0, 0.1) is 18.8 Å². The molecule has 3 aromatic carbocycles. The molecule has 0 saturated heterocycles. The topological polar surface area (TPSA) is 78.4 Å². The molecule has 5 nitrogen and oxygen atoms in total. The molecule has 0 heterocycles. The van der Waals surface area contributed by atoms with Crippen LogP contribution in [0.1, 0.15) is 36.8 Å². The third-order valence-electron chi connectivity index (χ3n) is 7.08. The number of fused-ring (bicyclic) bond motifs is 1. The van der Waals surface area contributed by atoms with Gasteiger partial charge in [-0.25, -0.2) is 13.1 Å². The summed E-state index contributed by atoms with van der Waals surface area (Å²) in [6.07, 6.45) is 5.03. The van der Waals surface area contributed by atoms with Crippen LogP contribution in [0.3, 0.4) is 0 Å². The van der Waals surface area contributed by atoms with E-state index in [1.54, 1.807) is 12.1 Å². The number of sulfonamides is 1. The Hall–Kier alpha value is -2.25. The quantitative estimate of drug-likeness (QED) is 0.401. The summed E-state index contributed by atoms with van der Waals surface area (Å²) in [6.45, 7) is 3.59. The number of aryl methyl sites for hydroxylation is 1. The first kappa shape index (κ1) is 24.9. The minimum atomic E-state index is -3.51. The number of hydrogen-bond donors (Lipinski definition) is 3. The molecular formula is C28H36N2O3S. The van der Waals surface area contributed by atoms with Gasteiger partial charge in [0.15, 0.2) is 0 Å².